The topological polar surface area (TPSA) is 80.3 Å². The molecule has 0 aromatic rings. The fourth-order valence-electron chi connectivity index (χ4n) is 4.16. The van der Waals surface area contributed by atoms with Crippen LogP contribution in [0.4, 0.5) is 0 Å². The van der Waals surface area contributed by atoms with Crippen molar-refractivity contribution in [2.75, 3.05) is 0 Å². The molecule has 0 aromatic carbocycles. The Hall–Kier alpha value is -1.33. The number of rotatable bonds is 28. The molecule has 0 saturated carbocycles. The van der Waals surface area contributed by atoms with E-state index in [4.69, 9.17) is 0 Å². The van der Waals surface area contributed by atoms with E-state index in [0.717, 1.165) is 64.2 Å². The monoisotopic (exact) mass is 582 g/mol. The Morgan fingerprint density at radius 3 is 0.976 bits per heavy atom. The van der Waals surface area contributed by atoms with Gasteiger partial charge in [0.05, 0.1) is 0 Å². The summed E-state index contributed by atoms with van der Waals surface area (Å²) >= 11 is 0. The first-order chi connectivity index (χ1) is 19.5. The zero-order chi connectivity index (χ0) is 29.8. The minimum Gasteiger partial charge on any atom is -0.550 e. The van der Waals surface area contributed by atoms with Crippen LogP contribution in [0, 0.1) is 0 Å². The van der Waals surface area contributed by atoms with E-state index in [1.54, 1.807) is 0 Å². The summed E-state index contributed by atoms with van der Waals surface area (Å²) in [5.74, 6) is -1.84. The third kappa shape index (κ3) is 48.7. The third-order valence-electron chi connectivity index (χ3n) is 6.66. The first-order valence-corrected chi connectivity index (χ1v) is 16.5. The van der Waals surface area contributed by atoms with E-state index in [2.05, 4.69) is 62.5 Å². The normalized spacial score (nSPS) is 11.4. The molecule has 0 aliphatic heterocycles. The molecule has 0 heterocycles. The molecule has 0 rings (SSSR count). The maximum absolute atomic E-state index is 10.2. The van der Waals surface area contributed by atoms with Gasteiger partial charge in [0.25, 0.3) is 0 Å². The quantitative estimate of drug-likeness (QED) is 0.0525. The van der Waals surface area contributed by atoms with Crippen LogP contribution in [0.1, 0.15) is 168 Å². The molecular formula is C36H62MgO4. The summed E-state index contributed by atoms with van der Waals surface area (Å²) in [7, 11) is 0. The molecular weight excluding hydrogens is 521 g/mol. The van der Waals surface area contributed by atoms with Crippen LogP contribution in [0.3, 0.4) is 0 Å². The predicted octanol–water partition coefficient (Wildman–Crippen LogP) is 8.72. The molecule has 232 valence electrons. The van der Waals surface area contributed by atoms with Crippen molar-refractivity contribution in [3.63, 3.8) is 0 Å². The predicted molar refractivity (Wildman–Crippen MR) is 174 cm³/mol. The Morgan fingerprint density at radius 1 is 0.415 bits per heavy atom. The zero-order valence-corrected chi connectivity index (χ0v) is 28.3. The van der Waals surface area contributed by atoms with E-state index in [-0.39, 0.29) is 35.9 Å². The maximum Gasteiger partial charge on any atom is 2.00 e. The van der Waals surface area contributed by atoms with Gasteiger partial charge in [0.15, 0.2) is 0 Å². The van der Waals surface area contributed by atoms with Gasteiger partial charge in [-0.3, -0.25) is 0 Å². The Labute approximate surface area is 270 Å². The van der Waals surface area contributed by atoms with Crippen molar-refractivity contribution in [3.05, 3.63) is 48.6 Å². The SMILES string of the molecule is CCCCC/C=C\C/C=C\CCCCCCCC(=O)[O-].CCCCC/C=C\C/C=C\CCCCCCCC(=O)[O-].[Mg+2]. The molecule has 0 bridgehead atoms. The average molecular weight is 583 g/mol. The summed E-state index contributed by atoms with van der Waals surface area (Å²) < 4.78 is 0. The second kappa shape index (κ2) is 40.8. The number of hydrogen-bond acceptors (Lipinski definition) is 4. The summed E-state index contributed by atoms with van der Waals surface area (Å²) in [6.07, 6.45) is 43.9. The molecule has 0 atom stereocenters. The van der Waals surface area contributed by atoms with Gasteiger partial charge in [-0.05, 0) is 89.9 Å². The second-order valence-electron chi connectivity index (χ2n) is 10.7. The molecule has 5 heteroatoms. The van der Waals surface area contributed by atoms with Gasteiger partial charge in [-0.15, -0.1) is 0 Å². The third-order valence-corrected chi connectivity index (χ3v) is 6.66. The number of unbranched alkanes of at least 4 members (excludes halogenated alkanes) is 16. The minimum atomic E-state index is -0.921. The van der Waals surface area contributed by atoms with E-state index in [1.807, 2.05) is 0 Å². The molecule has 41 heavy (non-hydrogen) atoms. The van der Waals surface area contributed by atoms with Gasteiger partial charge in [-0.2, -0.15) is 0 Å². The van der Waals surface area contributed by atoms with E-state index in [0.29, 0.717) is 0 Å². The molecule has 0 spiro atoms. The average Bonchev–Trinajstić information content (AvgIpc) is 2.93. The Morgan fingerprint density at radius 2 is 0.683 bits per heavy atom. The standard InChI is InChI=1S/2C18H32O2.Mg/c2*1-2-3-4-5-6-7-8-9-10-11-12-13-14-15-16-17-18(19)20;/h2*6-7,9-10H,2-5,8,11-17H2,1H3,(H,19,20);/q;;+2/p-2/b2*7-6-,10-9-;. The summed E-state index contributed by atoms with van der Waals surface area (Å²) in [6, 6.07) is 0. The van der Waals surface area contributed by atoms with E-state index in [9.17, 15) is 19.8 Å². The molecule has 0 saturated heterocycles. The molecule has 0 aliphatic carbocycles. The van der Waals surface area contributed by atoms with Gasteiger partial charge in [-0.25, -0.2) is 0 Å². The maximum atomic E-state index is 10.2. The second-order valence-corrected chi connectivity index (χ2v) is 10.7. The Balaban J connectivity index is -0.000000688. The first-order valence-electron chi connectivity index (χ1n) is 16.5. The van der Waals surface area contributed by atoms with Crippen LogP contribution < -0.4 is 10.2 Å². The van der Waals surface area contributed by atoms with Gasteiger partial charge in [-0.1, -0.05) is 127 Å². The van der Waals surface area contributed by atoms with Crippen molar-refractivity contribution in [2.45, 2.75) is 168 Å². The molecule has 0 amide bonds. The number of allylic oxidation sites excluding steroid dienone is 8. The molecule has 0 N–H and O–H groups in total. The fraction of sp³-hybridized carbons (Fsp3) is 0.722. The van der Waals surface area contributed by atoms with Crippen molar-refractivity contribution in [1.82, 2.24) is 0 Å². The number of carbonyl (C=O) groups is 2. The molecule has 0 radical (unpaired) electrons. The van der Waals surface area contributed by atoms with Crippen molar-refractivity contribution >= 4 is 35.0 Å². The van der Waals surface area contributed by atoms with E-state index >= 15 is 0 Å². The van der Waals surface area contributed by atoms with Crippen LogP contribution >= 0.6 is 0 Å². The largest absolute Gasteiger partial charge is 2.00 e. The van der Waals surface area contributed by atoms with Crippen LogP contribution in [0.25, 0.3) is 0 Å². The molecule has 0 aromatic heterocycles. The van der Waals surface area contributed by atoms with Crippen molar-refractivity contribution in [2.24, 2.45) is 0 Å². The van der Waals surface area contributed by atoms with Crippen molar-refractivity contribution in [1.29, 1.82) is 0 Å². The minimum absolute atomic E-state index is 0. The zero-order valence-electron chi connectivity index (χ0n) is 26.9. The number of carbonyl (C=O) groups excluding carboxylic acids is 2. The molecule has 0 unspecified atom stereocenters. The van der Waals surface area contributed by atoms with Crippen LogP contribution in [-0.2, 0) is 9.59 Å². The molecule has 0 fully saturated rings. The van der Waals surface area contributed by atoms with Gasteiger partial charge in [0.1, 0.15) is 0 Å². The summed E-state index contributed by atoms with van der Waals surface area (Å²) in [6.45, 7) is 4.46. The summed E-state index contributed by atoms with van der Waals surface area (Å²) in [5.41, 5.74) is 0. The van der Waals surface area contributed by atoms with Gasteiger partial charge in [0, 0.05) is 11.9 Å². The molecule has 0 aliphatic rings. The van der Waals surface area contributed by atoms with Crippen molar-refractivity contribution < 1.29 is 19.8 Å². The van der Waals surface area contributed by atoms with Gasteiger partial charge >= 0.3 is 23.1 Å². The Kier molecular flexibility index (Phi) is 43.9. The van der Waals surface area contributed by atoms with Crippen LogP contribution in [0.15, 0.2) is 48.6 Å². The van der Waals surface area contributed by atoms with Gasteiger partial charge in [0.2, 0.25) is 0 Å². The number of aliphatic carboxylic acids is 2. The first kappa shape index (κ1) is 44.1. The van der Waals surface area contributed by atoms with Crippen LogP contribution in [-0.4, -0.2) is 35.0 Å². The Bertz CT molecular complexity index is 596. The van der Waals surface area contributed by atoms with Gasteiger partial charge < -0.3 is 19.8 Å². The number of hydrogen-bond donors (Lipinski definition) is 0. The summed E-state index contributed by atoms with van der Waals surface area (Å²) in [5, 5.41) is 20.4. The van der Waals surface area contributed by atoms with E-state index < -0.39 is 11.9 Å². The number of carboxylic acid groups (broad SMARTS) is 2. The summed E-state index contributed by atoms with van der Waals surface area (Å²) in [4.78, 5) is 20.4. The molecule has 4 nitrogen and oxygen atoms in total. The van der Waals surface area contributed by atoms with E-state index in [1.165, 1.54) is 77.0 Å². The van der Waals surface area contributed by atoms with Crippen LogP contribution in [0.5, 0.6) is 0 Å². The fourth-order valence-corrected chi connectivity index (χ4v) is 4.16. The number of carboxylic acids is 2. The van der Waals surface area contributed by atoms with Crippen molar-refractivity contribution in [3.8, 4) is 0 Å². The van der Waals surface area contributed by atoms with Crippen LogP contribution in [0.2, 0.25) is 0 Å². The smallest absolute Gasteiger partial charge is 0.550 e.